The highest BCUT2D eigenvalue weighted by Gasteiger charge is 2.07. The van der Waals surface area contributed by atoms with Crippen molar-refractivity contribution in [1.29, 1.82) is 0 Å². The molecule has 0 aliphatic carbocycles. The van der Waals surface area contributed by atoms with E-state index in [4.69, 9.17) is 11.2 Å². The molecule has 0 aliphatic rings. The van der Waals surface area contributed by atoms with Gasteiger partial charge in [0.05, 0.1) is 0 Å². The number of ether oxygens (including phenoxy) is 1. The average Bonchev–Trinajstić information content (AvgIpc) is 2.11. The Kier molecular flexibility index (Phi) is 3.51. The zero-order valence-corrected chi connectivity index (χ0v) is 9.26. The summed E-state index contributed by atoms with van der Waals surface area (Å²) in [5.41, 5.74) is 2.95. The number of aryl methyl sites for hydroxylation is 2. The molecule has 0 unspecified atom stereocenters. The van der Waals surface area contributed by atoms with E-state index in [0.717, 1.165) is 16.7 Å². The highest BCUT2D eigenvalue weighted by Crippen LogP contribution is 2.25. The standard InChI is InChI=1S/C13H14O2/c1-5-6-12-7-9(2)13(10(3)8-12)15-11(4)14/h1,7-8H,6H2,2-4H3. The van der Waals surface area contributed by atoms with Gasteiger partial charge in [-0.3, -0.25) is 4.79 Å². The van der Waals surface area contributed by atoms with E-state index < -0.39 is 0 Å². The summed E-state index contributed by atoms with van der Waals surface area (Å²) in [7, 11) is 0. The molecule has 0 atom stereocenters. The molecule has 0 aromatic heterocycles. The molecule has 0 fully saturated rings. The molecule has 0 aliphatic heterocycles. The van der Waals surface area contributed by atoms with Crippen molar-refractivity contribution >= 4 is 5.97 Å². The van der Waals surface area contributed by atoms with Crippen molar-refractivity contribution in [3.63, 3.8) is 0 Å². The Morgan fingerprint density at radius 1 is 1.40 bits per heavy atom. The van der Waals surface area contributed by atoms with Gasteiger partial charge in [-0.05, 0) is 30.5 Å². The maximum Gasteiger partial charge on any atom is 0.308 e. The Morgan fingerprint density at radius 2 is 1.93 bits per heavy atom. The van der Waals surface area contributed by atoms with Gasteiger partial charge < -0.3 is 4.74 Å². The topological polar surface area (TPSA) is 26.3 Å². The zero-order valence-electron chi connectivity index (χ0n) is 9.26. The van der Waals surface area contributed by atoms with Gasteiger partial charge in [0.1, 0.15) is 5.75 Å². The number of benzene rings is 1. The van der Waals surface area contributed by atoms with Crippen LogP contribution in [0.5, 0.6) is 5.75 Å². The molecule has 2 heteroatoms. The molecule has 0 heterocycles. The molecule has 15 heavy (non-hydrogen) atoms. The van der Waals surface area contributed by atoms with E-state index in [1.54, 1.807) is 0 Å². The molecule has 0 radical (unpaired) electrons. The van der Waals surface area contributed by atoms with E-state index in [1.165, 1.54) is 6.92 Å². The summed E-state index contributed by atoms with van der Waals surface area (Å²) in [4.78, 5) is 10.9. The highest BCUT2D eigenvalue weighted by molar-refractivity contribution is 5.70. The monoisotopic (exact) mass is 202 g/mol. The van der Waals surface area contributed by atoms with Crippen LogP contribution >= 0.6 is 0 Å². The van der Waals surface area contributed by atoms with Gasteiger partial charge in [-0.1, -0.05) is 12.1 Å². The van der Waals surface area contributed by atoms with Crippen LogP contribution in [0.4, 0.5) is 0 Å². The lowest BCUT2D eigenvalue weighted by molar-refractivity contribution is -0.131. The summed E-state index contributed by atoms with van der Waals surface area (Å²) in [5, 5.41) is 0. The van der Waals surface area contributed by atoms with Gasteiger partial charge in [-0.25, -0.2) is 0 Å². The van der Waals surface area contributed by atoms with Crippen LogP contribution < -0.4 is 4.74 Å². The van der Waals surface area contributed by atoms with Crippen LogP contribution in [-0.4, -0.2) is 5.97 Å². The lowest BCUT2D eigenvalue weighted by atomic mass is 10.0. The summed E-state index contributed by atoms with van der Waals surface area (Å²) in [6.07, 6.45) is 5.84. The molecule has 0 spiro atoms. The van der Waals surface area contributed by atoms with Crippen LogP contribution in [0.2, 0.25) is 0 Å². The fourth-order valence-corrected chi connectivity index (χ4v) is 1.56. The fraction of sp³-hybridized carbons (Fsp3) is 0.308. The van der Waals surface area contributed by atoms with E-state index in [2.05, 4.69) is 5.92 Å². The molecule has 1 rings (SSSR count). The first-order valence-electron chi connectivity index (χ1n) is 4.76. The van der Waals surface area contributed by atoms with Crippen molar-refractivity contribution in [2.75, 3.05) is 0 Å². The second kappa shape index (κ2) is 4.65. The lowest BCUT2D eigenvalue weighted by Crippen LogP contribution is -2.05. The molecule has 2 nitrogen and oxygen atoms in total. The van der Waals surface area contributed by atoms with Crippen LogP contribution in [0.25, 0.3) is 0 Å². The van der Waals surface area contributed by atoms with Crippen LogP contribution in [0.1, 0.15) is 23.6 Å². The molecule has 0 saturated carbocycles. The minimum Gasteiger partial charge on any atom is -0.426 e. The SMILES string of the molecule is C#CCc1cc(C)c(OC(C)=O)c(C)c1. The Balaban J connectivity index is 3.10. The van der Waals surface area contributed by atoms with E-state index in [-0.39, 0.29) is 5.97 Å². The van der Waals surface area contributed by atoms with E-state index in [9.17, 15) is 4.79 Å². The third-order valence-corrected chi connectivity index (χ3v) is 2.07. The van der Waals surface area contributed by atoms with E-state index in [0.29, 0.717) is 12.2 Å². The molecule has 78 valence electrons. The van der Waals surface area contributed by atoms with Crippen molar-refractivity contribution in [3.05, 3.63) is 28.8 Å². The first-order valence-corrected chi connectivity index (χ1v) is 4.76. The number of rotatable bonds is 2. The van der Waals surface area contributed by atoms with Crippen molar-refractivity contribution in [1.82, 2.24) is 0 Å². The first kappa shape index (κ1) is 11.3. The molecule has 0 N–H and O–H groups in total. The fourth-order valence-electron chi connectivity index (χ4n) is 1.56. The third kappa shape index (κ3) is 2.85. The third-order valence-electron chi connectivity index (χ3n) is 2.07. The predicted molar refractivity (Wildman–Crippen MR) is 59.8 cm³/mol. The molecule has 0 saturated heterocycles. The molecule has 1 aromatic carbocycles. The maximum absolute atomic E-state index is 10.9. The first-order chi connectivity index (χ1) is 7.04. The van der Waals surface area contributed by atoms with Gasteiger partial charge in [0.15, 0.2) is 0 Å². The number of hydrogen-bond donors (Lipinski definition) is 0. The summed E-state index contributed by atoms with van der Waals surface area (Å²) in [5.74, 6) is 2.93. The summed E-state index contributed by atoms with van der Waals surface area (Å²) < 4.78 is 5.12. The van der Waals surface area contributed by atoms with Crippen molar-refractivity contribution in [2.24, 2.45) is 0 Å². The van der Waals surface area contributed by atoms with Gasteiger partial charge in [0.25, 0.3) is 0 Å². The van der Waals surface area contributed by atoms with Gasteiger partial charge in [0.2, 0.25) is 0 Å². The second-order valence-electron chi connectivity index (χ2n) is 3.53. The summed E-state index contributed by atoms with van der Waals surface area (Å²) >= 11 is 0. The largest absolute Gasteiger partial charge is 0.426 e. The van der Waals surface area contributed by atoms with Crippen molar-refractivity contribution in [2.45, 2.75) is 27.2 Å². The molecular formula is C13H14O2. The second-order valence-corrected chi connectivity index (χ2v) is 3.53. The van der Waals surface area contributed by atoms with Gasteiger partial charge in [-0.15, -0.1) is 12.3 Å². The quantitative estimate of drug-likeness (QED) is 0.418. The van der Waals surface area contributed by atoms with Crippen LogP contribution in [0.3, 0.4) is 0 Å². The number of carbonyl (C=O) groups is 1. The Morgan fingerprint density at radius 3 is 2.33 bits per heavy atom. The molecule has 0 amide bonds. The van der Waals surface area contributed by atoms with Crippen LogP contribution in [0.15, 0.2) is 12.1 Å². The molecule has 0 bridgehead atoms. The predicted octanol–water partition coefficient (Wildman–Crippen LogP) is 2.40. The maximum atomic E-state index is 10.9. The Labute approximate surface area is 90.3 Å². The number of terminal acetylenes is 1. The smallest absolute Gasteiger partial charge is 0.308 e. The van der Waals surface area contributed by atoms with E-state index >= 15 is 0 Å². The van der Waals surface area contributed by atoms with Gasteiger partial charge in [0, 0.05) is 13.3 Å². The van der Waals surface area contributed by atoms with Gasteiger partial charge >= 0.3 is 5.97 Å². The van der Waals surface area contributed by atoms with Crippen molar-refractivity contribution in [3.8, 4) is 18.1 Å². The Bertz CT molecular complexity index is 402. The average molecular weight is 202 g/mol. The van der Waals surface area contributed by atoms with Crippen molar-refractivity contribution < 1.29 is 9.53 Å². The van der Waals surface area contributed by atoms with E-state index in [1.807, 2.05) is 26.0 Å². The summed E-state index contributed by atoms with van der Waals surface area (Å²) in [6, 6.07) is 3.90. The lowest BCUT2D eigenvalue weighted by Gasteiger charge is -2.10. The highest BCUT2D eigenvalue weighted by atomic mass is 16.5. The zero-order chi connectivity index (χ0) is 11.4. The number of hydrogen-bond acceptors (Lipinski definition) is 2. The van der Waals surface area contributed by atoms with Crippen LogP contribution in [0, 0.1) is 26.2 Å². The van der Waals surface area contributed by atoms with Gasteiger partial charge in [-0.2, -0.15) is 0 Å². The normalized spacial score (nSPS) is 9.47. The minimum absolute atomic E-state index is 0.300. The molecular weight excluding hydrogens is 188 g/mol. The summed E-state index contributed by atoms with van der Waals surface area (Å²) in [6.45, 7) is 5.21. The number of carbonyl (C=O) groups excluding carboxylic acids is 1. The number of esters is 1. The molecule has 1 aromatic rings. The van der Waals surface area contributed by atoms with Crippen LogP contribution in [-0.2, 0) is 11.2 Å². The minimum atomic E-state index is -0.300. The Hall–Kier alpha value is -1.75.